The predicted octanol–water partition coefficient (Wildman–Crippen LogP) is 2.90. The Hall–Kier alpha value is -0.930. The molecule has 0 saturated carbocycles. The SMILES string of the molecule is CC1CC(Nc2cccc(Cl)c2N)CCO1. The van der Waals surface area contributed by atoms with Crippen LogP contribution in [-0.4, -0.2) is 18.8 Å². The van der Waals surface area contributed by atoms with Gasteiger partial charge in [0.2, 0.25) is 0 Å². The van der Waals surface area contributed by atoms with E-state index >= 15 is 0 Å². The molecule has 2 rings (SSSR count). The highest BCUT2D eigenvalue weighted by molar-refractivity contribution is 6.33. The maximum atomic E-state index is 5.97. The molecule has 2 unspecified atom stereocenters. The Bertz CT molecular complexity index is 370. The topological polar surface area (TPSA) is 47.3 Å². The number of benzene rings is 1. The molecule has 0 bridgehead atoms. The van der Waals surface area contributed by atoms with E-state index in [0.29, 0.717) is 22.9 Å². The van der Waals surface area contributed by atoms with Gasteiger partial charge in [-0.1, -0.05) is 17.7 Å². The van der Waals surface area contributed by atoms with Gasteiger partial charge in [-0.05, 0) is 31.9 Å². The molecular weight excluding hydrogens is 224 g/mol. The van der Waals surface area contributed by atoms with Crippen LogP contribution in [0.15, 0.2) is 18.2 Å². The number of para-hydroxylation sites is 1. The summed E-state index contributed by atoms with van der Waals surface area (Å²) >= 11 is 5.97. The van der Waals surface area contributed by atoms with Crippen molar-refractivity contribution < 1.29 is 4.74 Å². The summed E-state index contributed by atoms with van der Waals surface area (Å²) in [5.41, 5.74) is 7.46. The van der Waals surface area contributed by atoms with Gasteiger partial charge in [-0.25, -0.2) is 0 Å². The fourth-order valence-electron chi connectivity index (χ4n) is 2.01. The first kappa shape index (κ1) is 11.6. The molecule has 1 aromatic carbocycles. The van der Waals surface area contributed by atoms with E-state index in [1.54, 1.807) is 6.07 Å². The number of rotatable bonds is 2. The Balaban J connectivity index is 2.05. The van der Waals surface area contributed by atoms with Gasteiger partial charge in [0.1, 0.15) is 0 Å². The number of ether oxygens (including phenoxy) is 1. The first-order valence-corrected chi connectivity index (χ1v) is 5.96. The zero-order chi connectivity index (χ0) is 11.5. The van der Waals surface area contributed by atoms with E-state index in [1.165, 1.54) is 0 Å². The van der Waals surface area contributed by atoms with Crippen LogP contribution in [0.5, 0.6) is 0 Å². The Kier molecular flexibility index (Phi) is 3.56. The van der Waals surface area contributed by atoms with Crippen LogP contribution in [0.25, 0.3) is 0 Å². The summed E-state index contributed by atoms with van der Waals surface area (Å²) in [4.78, 5) is 0. The molecular formula is C12H17ClN2O. The lowest BCUT2D eigenvalue weighted by atomic mass is 10.0. The fraction of sp³-hybridized carbons (Fsp3) is 0.500. The summed E-state index contributed by atoms with van der Waals surface area (Å²) in [6.07, 6.45) is 2.33. The van der Waals surface area contributed by atoms with Crippen LogP contribution in [0.3, 0.4) is 0 Å². The summed E-state index contributed by atoms with van der Waals surface area (Å²) in [6, 6.07) is 6.09. The molecule has 0 radical (unpaired) electrons. The summed E-state index contributed by atoms with van der Waals surface area (Å²) in [5.74, 6) is 0. The van der Waals surface area contributed by atoms with Crippen LogP contribution in [0.1, 0.15) is 19.8 Å². The monoisotopic (exact) mass is 240 g/mol. The van der Waals surface area contributed by atoms with Gasteiger partial charge >= 0.3 is 0 Å². The quantitative estimate of drug-likeness (QED) is 0.782. The Labute approximate surface area is 101 Å². The van der Waals surface area contributed by atoms with E-state index in [-0.39, 0.29) is 0 Å². The second-order valence-corrected chi connectivity index (χ2v) is 4.66. The van der Waals surface area contributed by atoms with Gasteiger partial charge in [-0.2, -0.15) is 0 Å². The van der Waals surface area contributed by atoms with Crippen molar-refractivity contribution in [2.24, 2.45) is 0 Å². The van der Waals surface area contributed by atoms with Crippen LogP contribution in [0.2, 0.25) is 5.02 Å². The Morgan fingerprint density at radius 2 is 2.31 bits per heavy atom. The van der Waals surface area contributed by atoms with Crippen molar-refractivity contribution in [1.29, 1.82) is 0 Å². The van der Waals surface area contributed by atoms with Crippen LogP contribution in [0, 0.1) is 0 Å². The lowest BCUT2D eigenvalue weighted by Gasteiger charge is -2.29. The zero-order valence-corrected chi connectivity index (χ0v) is 10.1. The molecule has 1 saturated heterocycles. The standard InChI is InChI=1S/C12H17ClN2O/c1-8-7-9(5-6-16-8)15-11-4-2-3-10(13)12(11)14/h2-4,8-9,15H,5-7,14H2,1H3. The van der Waals surface area contributed by atoms with E-state index in [1.807, 2.05) is 12.1 Å². The van der Waals surface area contributed by atoms with Gasteiger partial charge in [0.25, 0.3) is 0 Å². The van der Waals surface area contributed by atoms with Crippen molar-refractivity contribution in [3.05, 3.63) is 23.2 Å². The maximum Gasteiger partial charge on any atom is 0.0739 e. The van der Waals surface area contributed by atoms with Gasteiger partial charge in [0.05, 0.1) is 22.5 Å². The average Bonchev–Trinajstić information content (AvgIpc) is 2.25. The van der Waals surface area contributed by atoms with Crippen LogP contribution in [-0.2, 0) is 4.74 Å². The van der Waals surface area contributed by atoms with Crippen molar-refractivity contribution in [2.45, 2.75) is 31.9 Å². The third-order valence-corrected chi connectivity index (χ3v) is 3.23. The minimum atomic E-state index is 0.312. The number of nitrogens with one attached hydrogen (secondary N) is 1. The molecule has 0 spiro atoms. The van der Waals surface area contributed by atoms with E-state index in [9.17, 15) is 0 Å². The number of halogens is 1. The lowest BCUT2D eigenvalue weighted by Crippen LogP contribution is -2.32. The number of nitrogen functional groups attached to an aromatic ring is 1. The molecule has 3 N–H and O–H groups in total. The summed E-state index contributed by atoms with van der Waals surface area (Å²) in [6.45, 7) is 2.90. The van der Waals surface area contributed by atoms with Gasteiger partial charge in [0.15, 0.2) is 0 Å². The van der Waals surface area contributed by atoms with Crippen molar-refractivity contribution in [3.8, 4) is 0 Å². The normalized spacial score (nSPS) is 25.4. The molecule has 0 aliphatic carbocycles. The molecule has 4 heteroatoms. The molecule has 1 fully saturated rings. The van der Waals surface area contributed by atoms with Crippen molar-refractivity contribution in [3.63, 3.8) is 0 Å². The maximum absolute atomic E-state index is 5.97. The average molecular weight is 241 g/mol. The minimum Gasteiger partial charge on any atom is -0.396 e. The number of anilines is 2. The highest BCUT2D eigenvalue weighted by Gasteiger charge is 2.19. The highest BCUT2D eigenvalue weighted by Crippen LogP contribution is 2.28. The minimum absolute atomic E-state index is 0.312. The third kappa shape index (κ3) is 2.60. The number of hydrogen-bond donors (Lipinski definition) is 2. The van der Waals surface area contributed by atoms with E-state index in [2.05, 4.69) is 12.2 Å². The molecule has 1 aliphatic rings. The van der Waals surface area contributed by atoms with Crippen LogP contribution < -0.4 is 11.1 Å². The fourth-order valence-corrected chi connectivity index (χ4v) is 2.19. The van der Waals surface area contributed by atoms with Crippen LogP contribution in [0.4, 0.5) is 11.4 Å². The summed E-state index contributed by atoms with van der Waals surface area (Å²) < 4.78 is 5.50. The largest absolute Gasteiger partial charge is 0.396 e. The lowest BCUT2D eigenvalue weighted by molar-refractivity contribution is 0.0232. The van der Waals surface area contributed by atoms with E-state index in [0.717, 1.165) is 25.1 Å². The predicted molar refractivity (Wildman–Crippen MR) is 67.9 cm³/mol. The van der Waals surface area contributed by atoms with Crippen molar-refractivity contribution in [1.82, 2.24) is 0 Å². The molecule has 1 heterocycles. The Morgan fingerprint density at radius 3 is 3.06 bits per heavy atom. The molecule has 16 heavy (non-hydrogen) atoms. The summed E-state index contributed by atoms with van der Waals surface area (Å²) in [5, 5.41) is 4.03. The molecule has 0 amide bonds. The van der Waals surface area contributed by atoms with E-state index < -0.39 is 0 Å². The molecule has 1 aliphatic heterocycles. The zero-order valence-electron chi connectivity index (χ0n) is 9.37. The highest BCUT2D eigenvalue weighted by atomic mass is 35.5. The molecule has 2 atom stereocenters. The molecule has 3 nitrogen and oxygen atoms in total. The Morgan fingerprint density at radius 1 is 1.50 bits per heavy atom. The second-order valence-electron chi connectivity index (χ2n) is 4.25. The van der Waals surface area contributed by atoms with Gasteiger partial charge in [0, 0.05) is 12.6 Å². The van der Waals surface area contributed by atoms with E-state index in [4.69, 9.17) is 22.1 Å². The van der Waals surface area contributed by atoms with Gasteiger partial charge in [-0.3, -0.25) is 0 Å². The van der Waals surface area contributed by atoms with Gasteiger partial charge < -0.3 is 15.8 Å². The number of hydrogen-bond acceptors (Lipinski definition) is 3. The third-order valence-electron chi connectivity index (χ3n) is 2.90. The first-order valence-electron chi connectivity index (χ1n) is 5.59. The molecule has 0 aromatic heterocycles. The molecule has 1 aromatic rings. The number of nitrogens with two attached hydrogens (primary N) is 1. The van der Waals surface area contributed by atoms with Gasteiger partial charge in [-0.15, -0.1) is 0 Å². The summed E-state index contributed by atoms with van der Waals surface area (Å²) in [7, 11) is 0. The van der Waals surface area contributed by atoms with Crippen molar-refractivity contribution >= 4 is 23.0 Å². The molecule has 88 valence electrons. The van der Waals surface area contributed by atoms with Crippen LogP contribution >= 0.6 is 11.6 Å². The second kappa shape index (κ2) is 4.93. The first-order chi connectivity index (χ1) is 7.66. The van der Waals surface area contributed by atoms with Crippen molar-refractivity contribution in [2.75, 3.05) is 17.7 Å². The smallest absolute Gasteiger partial charge is 0.0739 e.